The lowest BCUT2D eigenvalue weighted by Crippen LogP contribution is -2.39. The Morgan fingerprint density at radius 3 is 2.51 bits per heavy atom. The second-order valence-corrected chi connectivity index (χ2v) is 12.5. The molecule has 41 heavy (non-hydrogen) atoms. The van der Waals surface area contributed by atoms with Gasteiger partial charge in [-0.25, -0.2) is 33.3 Å². The fourth-order valence-electron chi connectivity index (χ4n) is 4.97. The van der Waals surface area contributed by atoms with E-state index in [-0.39, 0.29) is 40.7 Å². The second-order valence-electron chi connectivity index (χ2n) is 10.2. The first-order valence-corrected chi connectivity index (χ1v) is 15.1. The molecule has 14 heteroatoms. The van der Waals surface area contributed by atoms with E-state index in [0.29, 0.717) is 52.9 Å². The molecule has 4 heterocycles. The van der Waals surface area contributed by atoms with Gasteiger partial charge in [0.25, 0.3) is 5.56 Å². The van der Waals surface area contributed by atoms with Crippen molar-refractivity contribution in [3.63, 3.8) is 0 Å². The maximum Gasteiger partial charge on any atom is 0.295 e. The lowest BCUT2D eigenvalue weighted by molar-refractivity contribution is 0.00636. The summed E-state index contributed by atoms with van der Waals surface area (Å²) in [5, 5.41) is 3.08. The minimum Gasteiger partial charge on any atom is -0.480 e. The fraction of sp³-hybridized carbons (Fsp3) is 0.444. The standard InChI is InChI=1S/C27H30N8O5S/c1-4-41(37,38)19-8-7-16(28-12-19)11-29-24-27(36)35(17-9-18(10-17)39-2)25-20(33-24)13-30-23(34-25)21-22(15-5-6-15)31-14-32-26(21)40-3/h7-8,12-15,17-18H,4-6,9-11H2,1-3H3,(H,29,33). The lowest BCUT2D eigenvalue weighted by atomic mass is 9.89. The molecule has 0 radical (unpaired) electrons. The van der Waals surface area contributed by atoms with Crippen molar-refractivity contribution >= 4 is 26.8 Å². The monoisotopic (exact) mass is 578 g/mol. The number of hydrogen-bond acceptors (Lipinski definition) is 12. The first-order valence-electron chi connectivity index (χ1n) is 13.5. The fourth-order valence-corrected chi connectivity index (χ4v) is 5.79. The molecule has 2 saturated carbocycles. The third kappa shape index (κ3) is 5.12. The van der Waals surface area contributed by atoms with Gasteiger partial charge in [0.15, 0.2) is 27.1 Å². The van der Waals surface area contributed by atoms with E-state index in [1.54, 1.807) is 38.0 Å². The molecule has 0 saturated heterocycles. The average Bonchev–Trinajstić information content (AvgIpc) is 3.82. The first kappa shape index (κ1) is 27.1. The normalized spacial score (nSPS) is 18.7. The Bertz CT molecular complexity index is 1770. The number of pyridine rings is 1. The van der Waals surface area contributed by atoms with Gasteiger partial charge in [-0.3, -0.25) is 14.3 Å². The summed E-state index contributed by atoms with van der Waals surface area (Å²) in [5.41, 5.74) is 2.55. The van der Waals surface area contributed by atoms with Crippen LogP contribution >= 0.6 is 0 Å². The van der Waals surface area contributed by atoms with E-state index < -0.39 is 9.84 Å². The zero-order valence-electron chi connectivity index (χ0n) is 22.9. The number of sulfone groups is 1. The van der Waals surface area contributed by atoms with Gasteiger partial charge in [-0.05, 0) is 37.8 Å². The zero-order valence-corrected chi connectivity index (χ0v) is 23.8. The summed E-state index contributed by atoms with van der Waals surface area (Å²) < 4.78 is 36.9. The lowest BCUT2D eigenvalue weighted by Gasteiger charge is -2.35. The molecular weight excluding hydrogens is 548 g/mol. The Labute approximate surface area is 236 Å². The van der Waals surface area contributed by atoms with Crippen LogP contribution in [0.3, 0.4) is 0 Å². The Kier molecular flexibility index (Phi) is 7.11. The van der Waals surface area contributed by atoms with Gasteiger partial charge in [-0.2, -0.15) is 0 Å². The Hall–Kier alpha value is -4.04. The van der Waals surface area contributed by atoms with Gasteiger partial charge in [-0.1, -0.05) is 6.92 Å². The van der Waals surface area contributed by atoms with Crippen LogP contribution in [0.2, 0.25) is 0 Å². The average molecular weight is 579 g/mol. The number of aromatic nitrogens is 7. The number of hydrogen-bond donors (Lipinski definition) is 1. The van der Waals surface area contributed by atoms with E-state index in [0.717, 1.165) is 18.5 Å². The van der Waals surface area contributed by atoms with E-state index >= 15 is 0 Å². The molecule has 0 unspecified atom stereocenters. The number of nitrogens with one attached hydrogen (secondary N) is 1. The van der Waals surface area contributed by atoms with Crippen molar-refractivity contribution in [2.24, 2.45) is 0 Å². The summed E-state index contributed by atoms with van der Waals surface area (Å²) in [5.74, 6) is 1.18. The van der Waals surface area contributed by atoms with Gasteiger partial charge in [0, 0.05) is 25.3 Å². The molecule has 6 rings (SSSR count). The van der Waals surface area contributed by atoms with Crippen molar-refractivity contribution in [1.82, 2.24) is 34.5 Å². The molecule has 13 nitrogen and oxygen atoms in total. The van der Waals surface area contributed by atoms with Crippen molar-refractivity contribution in [2.75, 3.05) is 25.3 Å². The van der Waals surface area contributed by atoms with E-state index in [9.17, 15) is 13.2 Å². The van der Waals surface area contributed by atoms with Gasteiger partial charge in [0.2, 0.25) is 5.88 Å². The van der Waals surface area contributed by atoms with Gasteiger partial charge < -0.3 is 14.8 Å². The maximum absolute atomic E-state index is 13.8. The molecule has 4 aromatic rings. The summed E-state index contributed by atoms with van der Waals surface area (Å²) in [7, 11) is -0.148. The third-order valence-electron chi connectivity index (χ3n) is 7.60. The van der Waals surface area contributed by atoms with Gasteiger partial charge in [0.05, 0.1) is 48.0 Å². The van der Waals surface area contributed by atoms with Gasteiger partial charge in [0.1, 0.15) is 17.4 Å². The molecule has 0 atom stereocenters. The zero-order chi connectivity index (χ0) is 28.7. The molecule has 1 N–H and O–H groups in total. The minimum absolute atomic E-state index is 0.00627. The molecule has 0 aliphatic heterocycles. The summed E-state index contributed by atoms with van der Waals surface area (Å²) in [4.78, 5) is 41.0. The molecule has 2 aliphatic carbocycles. The van der Waals surface area contributed by atoms with Crippen LogP contribution < -0.4 is 15.6 Å². The quantitative estimate of drug-likeness (QED) is 0.293. The van der Waals surface area contributed by atoms with Crippen LogP contribution in [-0.4, -0.2) is 69.0 Å². The number of rotatable bonds is 10. The van der Waals surface area contributed by atoms with Crippen molar-refractivity contribution in [3.8, 4) is 17.3 Å². The molecular formula is C27H30N8O5S. The Morgan fingerprint density at radius 2 is 1.85 bits per heavy atom. The largest absolute Gasteiger partial charge is 0.480 e. The molecule has 0 bridgehead atoms. The number of nitrogens with zero attached hydrogens (tertiary/aromatic N) is 7. The van der Waals surface area contributed by atoms with Crippen LogP contribution in [-0.2, 0) is 21.1 Å². The highest BCUT2D eigenvalue weighted by molar-refractivity contribution is 7.91. The van der Waals surface area contributed by atoms with Crippen LogP contribution in [0.5, 0.6) is 5.88 Å². The number of methoxy groups -OCH3 is 2. The summed E-state index contributed by atoms with van der Waals surface area (Å²) >= 11 is 0. The second kappa shape index (κ2) is 10.7. The van der Waals surface area contributed by atoms with Gasteiger partial charge >= 0.3 is 0 Å². The van der Waals surface area contributed by atoms with E-state index in [1.165, 1.54) is 18.6 Å². The van der Waals surface area contributed by atoms with Crippen molar-refractivity contribution < 1.29 is 17.9 Å². The van der Waals surface area contributed by atoms with E-state index in [2.05, 4.69) is 30.2 Å². The molecule has 4 aromatic heterocycles. The highest BCUT2D eigenvalue weighted by atomic mass is 32.2. The highest BCUT2D eigenvalue weighted by Crippen LogP contribution is 2.45. The van der Waals surface area contributed by atoms with Crippen molar-refractivity contribution in [3.05, 3.63) is 52.6 Å². The SMILES string of the molecule is CCS(=O)(=O)c1ccc(CNc2nc3cnc(-c4c(OC)ncnc4C4CC4)nc3n(C3CC(OC)C3)c2=O)nc1. The van der Waals surface area contributed by atoms with Crippen LogP contribution in [0.15, 0.2) is 40.5 Å². The third-order valence-corrected chi connectivity index (χ3v) is 9.32. The van der Waals surface area contributed by atoms with Crippen molar-refractivity contribution in [2.45, 2.75) is 62.1 Å². The predicted molar refractivity (Wildman–Crippen MR) is 150 cm³/mol. The van der Waals surface area contributed by atoms with E-state index in [4.69, 9.17) is 14.5 Å². The molecule has 0 amide bonds. The highest BCUT2D eigenvalue weighted by Gasteiger charge is 2.35. The predicted octanol–water partition coefficient (Wildman–Crippen LogP) is 2.68. The van der Waals surface area contributed by atoms with Crippen LogP contribution in [0.4, 0.5) is 5.82 Å². The Balaban J connectivity index is 1.39. The first-order chi connectivity index (χ1) is 19.8. The summed E-state index contributed by atoms with van der Waals surface area (Å²) in [6.45, 7) is 1.76. The van der Waals surface area contributed by atoms with Crippen LogP contribution in [0.25, 0.3) is 22.6 Å². The number of anilines is 1. The van der Waals surface area contributed by atoms with E-state index in [1.807, 2.05) is 0 Å². The molecule has 0 spiro atoms. The molecule has 0 aromatic carbocycles. The summed E-state index contributed by atoms with van der Waals surface area (Å²) in [6, 6.07) is 3.00. The Morgan fingerprint density at radius 1 is 1.05 bits per heavy atom. The summed E-state index contributed by atoms with van der Waals surface area (Å²) in [6.07, 6.45) is 7.83. The molecule has 2 aliphatic rings. The van der Waals surface area contributed by atoms with Gasteiger partial charge in [-0.15, -0.1) is 0 Å². The number of fused-ring (bicyclic) bond motifs is 1. The van der Waals surface area contributed by atoms with Crippen molar-refractivity contribution in [1.29, 1.82) is 0 Å². The number of ether oxygens (including phenoxy) is 2. The maximum atomic E-state index is 13.8. The van der Waals surface area contributed by atoms with Crippen LogP contribution in [0.1, 0.15) is 56.0 Å². The minimum atomic E-state index is -3.35. The topological polar surface area (TPSA) is 164 Å². The van der Waals surface area contributed by atoms with Crippen LogP contribution in [0, 0.1) is 0 Å². The molecule has 214 valence electrons. The smallest absolute Gasteiger partial charge is 0.295 e. The molecule has 2 fully saturated rings.